The van der Waals surface area contributed by atoms with Gasteiger partial charge in [-0.25, -0.2) is 9.97 Å². The summed E-state index contributed by atoms with van der Waals surface area (Å²) in [5.41, 5.74) is 4.20. The monoisotopic (exact) mass is 352 g/mol. The van der Waals surface area contributed by atoms with E-state index in [0.717, 1.165) is 27.0 Å². The van der Waals surface area contributed by atoms with Gasteiger partial charge in [0, 0.05) is 21.0 Å². The normalized spacial score (nSPS) is 11.4. The highest BCUT2D eigenvalue weighted by Gasteiger charge is 2.16. The van der Waals surface area contributed by atoms with Gasteiger partial charge in [0.25, 0.3) is 0 Å². The van der Waals surface area contributed by atoms with Crippen molar-refractivity contribution in [2.24, 2.45) is 0 Å². The predicted octanol–water partition coefficient (Wildman–Crippen LogP) is 6.37. The molecule has 5 rings (SSSR count). The fourth-order valence-electron chi connectivity index (χ4n) is 3.60. The number of aryl methyl sites for hydroxylation is 1. The third-order valence-corrected chi connectivity index (χ3v) is 6.06. The van der Waals surface area contributed by atoms with E-state index in [4.69, 9.17) is 0 Å². The Morgan fingerprint density at radius 1 is 0.885 bits per heavy atom. The molecule has 2 heterocycles. The average molecular weight is 352 g/mol. The molecule has 0 N–H and O–H groups in total. The van der Waals surface area contributed by atoms with Crippen molar-refractivity contribution in [3.05, 3.63) is 90.4 Å². The predicted molar refractivity (Wildman–Crippen MR) is 112 cm³/mol. The zero-order chi connectivity index (χ0) is 17.7. The maximum absolute atomic E-state index is 4.62. The first-order chi connectivity index (χ1) is 12.7. The molecule has 0 radical (unpaired) electrons. The lowest BCUT2D eigenvalue weighted by atomic mass is 9.96. The van der Waals surface area contributed by atoms with Crippen LogP contribution in [0.15, 0.2) is 73.6 Å². The number of aromatic nitrogens is 2. The van der Waals surface area contributed by atoms with Crippen LogP contribution in [0.4, 0.5) is 0 Å². The van der Waals surface area contributed by atoms with E-state index in [0.29, 0.717) is 0 Å². The smallest absolute Gasteiger partial charge is 0.128 e. The third kappa shape index (κ3) is 2.18. The summed E-state index contributed by atoms with van der Waals surface area (Å²) >= 11 is 1.73. The van der Waals surface area contributed by atoms with Crippen LogP contribution in [0, 0.1) is 6.92 Å². The summed E-state index contributed by atoms with van der Waals surface area (Å²) in [4.78, 5) is 10.2. The van der Waals surface area contributed by atoms with Crippen LogP contribution < -0.4 is 0 Å². The van der Waals surface area contributed by atoms with Crippen LogP contribution in [0.3, 0.4) is 0 Å². The molecular formula is C23H16N2S. The van der Waals surface area contributed by atoms with Crippen molar-refractivity contribution in [2.75, 3.05) is 0 Å². The number of rotatable bonds is 2. The molecule has 26 heavy (non-hydrogen) atoms. The van der Waals surface area contributed by atoms with Crippen LogP contribution in [0.5, 0.6) is 0 Å². The van der Waals surface area contributed by atoms with Gasteiger partial charge in [-0.15, -0.1) is 11.3 Å². The summed E-state index contributed by atoms with van der Waals surface area (Å²) in [7, 11) is 0. The number of thiophene rings is 1. The van der Waals surface area contributed by atoms with Gasteiger partial charge in [0.05, 0.1) is 5.69 Å². The van der Waals surface area contributed by atoms with Crippen LogP contribution in [-0.4, -0.2) is 9.97 Å². The second kappa shape index (κ2) is 5.75. The Hall–Kier alpha value is -3.04. The summed E-state index contributed by atoms with van der Waals surface area (Å²) in [6, 6.07) is 21.2. The summed E-state index contributed by atoms with van der Waals surface area (Å²) < 4.78 is 1.26. The number of nitrogens with zero attached hydrogens (tertiary/aromatic N) is 2. The molecule has 5 aromatic rings. The maximum Gasteiger partial charge on any atom is 0.128 e. The first-order valence-corrected chi connectivity index (χ1v) is 9.36. The molecule has 0 aliphatic heterocycles. The van der Waals surface area contributed by atoms with Crippen LogP contribution in [-0.2, 0) is 0 Å². The summed E-state index contributed by atoms with van der Waals surface area (Å²) in [6.45, 7) is 6.48. The highest BCUT2D eigenvalue weighted by atomic mass is 32.1. The molecule has 0 saturated heterocycles. The first kappa shape index (κ1) is 15.2. The van der Waals surface area contributed by atoms with E-state index in [1.54, 1.807) is 17.7 Å². The molecule has 3 aromatic carbocycles. The van der Waals surface area contributed by atoms with Crippen LogP contribution in [0.25, 0.3) is 36.6 Å². The zero-order valence-corrected chi connectivity index (χ0v) is 15.2. The molecule has 124 valence electrons. The SMILES string of the molecule is C=C(c1ccccc1C)c1ncnc2sc3c4ccccc4ccc3c12. The molecule has 0 spiro atoms. The van der Waals surface area contributed by atoms with Crippen molar-refractivity contribution in [1.82, 2.24) is 9.97 Å². The van der Waals surface area contributed by atoms with Gasteiger partial charge in [-0.2, -0.15) is 0 Å². The Morgan fingerprint density at radius 3 is 2.58 bits per heavy atom. The Morgan fingerprint density at radius 2 is 1.69 bits per heavy atom. The number of hydrogen-bond acceptors (Lipinski definition) is 3. The van der Waals surface area contributed by atoms with Gasteiger partial charge in [0.15, 0.2) is 0 Å². The molecule has 0 atom stereocenters. The van der Waals surface area contributed by atoms with Gasteiger partial charge in [0.1, 0.15) is 11.2 Å². The first-order valence-electron chi connectivity index (χ1n) is 8.54. The van der Waals surface area contributed by atoms with Gasteiger partial charge in [0.2, 0.25) is 0 Å². The standard InChI is InChI=1S/C23H16N2S/c1-14-7-3-5-9-17(14)15(2)21-20-19-12-11-16-8-4-6-10-18(16)22(19)26-23(20)25-13-24-21/h3-13H,2H2,1H3. The quantitative estimate of drug-likeness (QED) is 0.369. The number of benzene rings is 3. The fraction of sp³-hybridized carbons (Fsp3) is 0.0435. The Balaban J connectivity index is 1.86. The summed E-state index contributed by atoms with van der Waals surface area (Å²) in [5, 5.41) is 4.82. The lowest BCUT2D eigenvalue weighted by Crippen LogP contribution is -1.94. The van der Waals surface area contributed by atoms with E-state index in [1.165, 1.54) is 26.4 Å². The topological polar surface area (TPSA) is 25.8 Å². The highest BCUT2D eigenvalue weighted by molar-refractivity contribution is 7.26. The molecule has 0 aliphatic rings. The maximum atomic E-state index is 4.62. The minimum atomic E-state index is 0.922. The molecule has 0 fully saturated rings. The van der Waals surface area contributed by atoms with E-state index < -0.39 is 0 Å². The Kier molecular flexibility index (Phi) is 3.37. The van der Waals surface area contributed by atoms with Gasteiger partial charge < -0.3 is 0 Å². The van der Waals surface area contributed by atoms with E-state index in [-0.39, 0.29) is 0 Å². The Labute approximate surface area is 155 Å². The average Bonchev–Trinajstić information content (AvgIpc) is 3.07. The van der Waals surface area contributed by atoms with Gasteiger partial charge in [-0.1, -0.05) is 67.2 Å². The molecule has 0 amide bonds. The highest BCUT2D eigenvalue weighted by Crippen LogP contribution is 2.40. The number of fused-ring (bicyclic) bond motifs is 5. The lowest BCUT2D eigenvalue weighted by Gasteiger charge is -2.10. The minimum Gasteiger partial charge on any atom is -0.236 e. The lowest BCUT2D eigenvalue weighted by molar-refractivity contribution is 1.20. The van der Waals surface area contributed by atoms with Crippen LogP contribution in [0.2, 0.25) is 0 Å². The number of hydrogen-bond donors (Lipinski definition) is 0. The van der Waals surface area contributed by atoms with E-state index in [2.05, 4.69) is 72.0 Å². The van der Waals surface area contributed by atoms with E-state index in [1.807, 2.05) is 12.1 Å². The van der Waals surface area contributed by atoms with E-state index in [9.17, 15) is 0 Å². The van der Waals surface area contributed by atoms with Gasteiger partial charge in [-0.05, 0) is 28.8 Å². The van der Waals surface area contributed by atoms with Crippen LogP contribution in [0.1, 0.15) is 16.8 Å². The minimum absolute atomic E-state index is 0.922. The van der Waals surface area contributed by atoms with Crippen molar-refractivity contribution < 1.29 is 0 Å². The van der Waals surface area contributed by atoms with Crippen LogP contribution >= 0.6 is 11.3 Å². The summed E-state index contributed by atoms with van der Waals surface area (Å²) in [5.74, 6) is 0. The van der Waals surface area contributed by atoms with Gasteiger partial charge >= 0.3 is 0 Å². The second-order valence-electron chi connectivity index (χ2n) is 6.46. The molecule has 0 unspecified atom stereocenters. The Bertz CT molecular complexity index is 1310. The third-order valence-electron chi connectivity index (χ3n) is 4.92. The zero-order valence-electron chi connectivity index (χ0n) is 14.4. The van der Waals surface area contributed by atoms with Crippen molar-refractivity contribution in [2.45, 2.75) is 6.92 Å². The molecule has 2 aromatic heterocycles. The second-order valence-corrected chi connectivity index (χ2v) is 7.46. The molecule has 0 bridgehead atoms. The van der Waals surface area contributed by atoms with Crippen molar-refractivity contribution in [3.8, 4) is 0 Å². The molecule has 2 nitrogen and oxygen atoms in total. The molecule has 3 heteroatoms. The molecular weight excluding hydrogens is 336 g/mol. The van der Waals surface area contributed by atoms with Crippen molar-refractivity contribution in [1.29, 1.82) is 0 Å². The van der Waals surface area contributed by atoms with Crippen molar-refractivity contribution >= 4 is 48.0 Å². The van der Waals surface area contributed by atoms with Crippen molar-refractivity contribution in [3.63, 3.8) is 0 Å². The van der Waals surface area contributed by atoms with E-state index >= 15 is 0 Å². The molecule has 0 aliphatic carbocycles. The largest absolute Gasteiger partial charge is 0.236 e. The molecule has 0 saturated carbocycles. The van der Waals surface area contributed by atoms with Gasteiger partial charge in [-0.3, -0.25) is 0 Å². The summed E-state index contributed by atoms with van der Waals surface area (Å²) in [6.07, 6.45) is 1.65. The fourth-order valence-corrected chi connectivity index (χ4v) is 4.78.